The Morgan fingerprint density at radius 3 is 2.24 bits per heavy atom. The number of carboxylic acid groups (broad SMARTS) is 1. The number of fused-ring (bicyclic) bond motifs is 1. The number of carboxylic acids is 1. The Balaban J connectivity index is 0.00000145. The Hall–Kier alpha value is -2.30. The minimum absolute atomic E-state index is 0.0410. The van der Waals surface area contributed by atoms with Crippen LogP contribution in [0.25, 0.3) is 10.1 Å². The van der Waals surface area contributed by atoms with Gasteiger partial charge < -0.3 is 10.3 Å². The van der Waals surface area contributed by atoms with Gasteiger partial charge in [-0.1, -0.05) is 45.0 Å². The molecule has 0 fully saturated rings. The molecule has 5 N–H and O–H groups in total. The Labute approximate surface area is 173 Å². The van der Waals surface area contributed by atoms with E-state index in [1.54, 1.807) is 30.3 Å². The molecule has 0 atom stereocenters. The highest BCUT2D eigenvalue weighted by Crippen LogP contribution is 2.27. The fraction of sp³-hybridized carbons (Fsp3) is 0.250. The van der Waals surface area contributed by atoms with Gasteiger partial charge in [-0.25, -0.2) is 23.8 Å². The minimum atomic E-state index is -3.62. The highest BCUT2D eigenvalue weighted by molar-refractivity contribution is 7.89. The van der Waals surface area contributed by atoms with Crippen molar-refractivity contribution in [1.82, 2.24) is 4.72 Å². The fourth-order valence-corrected chi connectivity index (χ4v) is 4.67. The minimum Gasteiger partial charge on any atom is -0.477 e. The molecule has 0 amide bonds. The van der Waals surface area contributed by atoms with E-state index < -0.39 is 16.0 Å². The standard InChI is InChI=1S/C20H21NO4S2.H3NO/c1-20(2,3)15-6-8-16(9-7-15)27(24,25)21-12-13-4-5-14-11-18(19(22)23)26-17(14)10-13;1-2/h4-11,21H,12H2,1-3H3,(H,22,23);2H,1H2. The molecule has 0 radical (unpaired) electrons. The molecule has 0 aliphatic rings. The van der Waals surface area contributed by atoms with Crippen molar-refractivity contribution in [2.24, 2.45) is 5.90 Å². The number of sulfonamides is 1. The molecular formula is C20H24N2O5S2. The molecule has 0 aliphatic carbocycles. The van der Waals surface area contributed by atoms with Crippen LogP contribution in [-0.4, -0.2) is 24.7 Å². The number of hydrogen-bond donors (Lipinski definition) is 4. The zero-order chi connectivity index (χ0) is 21.8. The maximum atomic E-state index is 12.5. The van der Waals surface area contributed by atoms with E-state index in [4.69, 9.17) is 10.3 Å². The molecule has 3 rings (SSSR count). The first-order valence-corrected chi connectivity index (χ1v) is 11.0. The van der Waals surface area contributed by atoms with Crippen molar-refractivity contribution in [3.63, 3.8) is 0 Å². The summed E-state index contributed by atoms with van der Waals surface area (Å²) < 4.78 is 28.5. The quantitative estimate of drug-likeness (QED) is 0.451. The van der Waals surface area contributed by atoms with Crippen molar-refractivity contribution in [3.8, 4) is 0 Å². The van der Waals surface area contributed by atoms with Crippen molar-refractivity contribution in [3.05, 3.63) is 64.5 Å². The molecule has 1 aromatic heterocycles. The summed E-state index contributed by atoms with van der Waals surface area (Å²) in [5.74, 6) is 2.54. The number of aromatic carboxylic acids is 1. The summed E-state index contributed by atoms with van der Waals surface area (Å²) >= 11 is 1.18. The number of nitrogens with two attached hydrogens (primary N) is 1. The van der Waals surface area contributed by atoms with E-state index in [0.717, 1.165) is 21.2 Å². The predicted octanol–water partition coefficient (Wildman–Crippen LogP) is 3.71. The van der Waals surface area contributed by atoms with Crippen molar-refractivity contribution < 1.29 is 23.5 Å². The normalized spacial score (nSPS) is 11.8. The fourth-order valence-electron chi connectivity index (χ4n) is 2.69. The highest BCUT2D eigenvalue weighted by atomic mass is 32.2. The molecule has 3 aromatic rings. The third-order valence-electron chi connectivity index (χ3n) is 4.29. The van der Waals surface area contributed by atoms with Gasteiger partial charge in [0.15, 0.2) is 0 Å². The van der Waals surface area contributed by atoms with Gasteiger partial charge in [0.2, 0.25) is 10.0 Å². The van der Waals surface area contributed by atoms with Crippen molar-refractivity contribution >= 4 is 37.4 Å². The van der Waals surface area contributed by atoms with Crippen LogP contribution in [0.5, 0.6) is 0 Å². The molecule has 1 heterocycles. The smallest absolute Gasteiger partial charge is 0.345 e. The topological polar surface area (TPSA) is 130 Å². The van der Waals surface area contributed by atoms with E-state index in [9.17, 15) is 13.2 Å². The molecule has 29 heavy (non-hydrogen) atoms. The largest absolute Gasteiger partial charge is 0.477 e. The molecule has 0 spiro atoms. The van der Waals surface area contributed by atoms with Gasteiger partial charge in [0.1, 0.15) is 4.88 Å². The summed E-state index contributed by atoms with van der Waals surface area (Å²) in [6.07, 6.45) is 0. The summed E-state index contributed by atoms with van der Waals surface area (Å²) in [5, 5.41) is 16.4. The van der Waals surface area contributed by atoms with E-state index in [-0.39, 0.29) is 21.7 Å². The summed E-state index contributed by atoms with van der Waals surface area (Å²) in [7, 11) is -3.62. The number of carbonyl (C=O) groups is 1. The summed E-state index contributed by atoms with van der Waals surface area (Å²) in [5.41, 5.74) is 1.80. The van der Waals surface area contributed by atoms with Gasteiger partial charge >= 0.3 is 5.97 Å². The zero-order valence-electron chi connectivity index (χ0n) is 16.3. The third-order valence-corrected chi connectivity index (χ3v) is 6.80. The van der Waals surface area contributed by atoms with Crippen molar-refractivity contribution in [2.75, 3.05) is 0 Å². The first kappa shape index (κ1) is 23.0. The van der Waals surface area contributed by atoms with Gasteiger partial charge in [-0.2, -0.15) is 0 Å². The molecule has 156 valence electrons. The lowest BCUT2D eigenvalue weighted by Gasteiger charge is -2.19. The number of rotatable bonds is 5. The Kier molecular flexibility index (Phi) is 7.15. The van der Waals surface area contributed by atoms with Gasteiger partial charge in [-0.05, 0) is 46.2 Å². The van der Waals surface area contributed by atoms with Crippen LogP contribution in [0, 0.1) is 0 Å². The SMILES string of the molecule is CC(C)(C)c1ccc(S(=O)(=O)NCc2ccc3cc(C(=O)O)sc3c2)cc1.NO. The second-order valence-corrected chi connectivity index (χ2v) is 10.2. The van der Waals surface area contributed by atoms with Crippen molar-refractivity contribution in [1.29, 1.82) is 0 Å². The van der Waals surface area contributed by atoms with Crippen LogP contribution >= 0.6 is 11.3 Å². The van der Waals surface area contributed by atoms with Crippen LogP contribution in [0.15, 0.2) is 53.4 Å². The summed E-state index contributed by atoms with van der Waals surface area (Å²) in [6.45, 7) is 6.36. The van der Waals surface area contributed by atoms with Crippen LogP contribution < -0.4 is 10.6 Å². The van der Waals surface area contributed by atoms with Crippen LogP contribution in [-0.2, 0) is 22.0 Å². The van der Waals surface area contributed by atoms with E-state index in [1.807, 2.05) is 18.2 Å². The predicted molar refractivity (Wildman–Crippen MR) is 114 cm³/mol. The lowest BCUT2D eigenvalue weighted by Crippen LogP contribution is -2.23. The Morgan fingerprint density at radius 2 is 1.69 bits per heavy atom. The molecule has 2 aromatic carbocycles. The van der Waals surface area contributed by atoms with Gasteiger partial charge in [0.05, 0.1) is 4.90 Å². The molecule has 7 nitrogen and oxygen atoms in total. The second-order valence-electron chi connectivity index (χ2n) is 7.39. The average Bonchev–Trinajstić information content (AvgIpc) is 3.11. The molecule has 0 saturated heterocycles. The molecule has 0 aliphatic heterocycles. The lowest BCUT2D eigenvalue weighted by molar-refractivity contribution is 0.0702. The van der Waals surface area contributed by atoms with Gasteiger partial charge in [-0.15, -0.1) is 11.3 Å². The van der Waals surface area contributed by atoms with Crippen LogP contribution in [0.1, 0.15) is 41.6 Å². The molecular weight excluding hydrogens is 412 g/mol. The first-order chi connectivity index (χ1) is 13.6. The monoisotopic (exact) mass is 436 g/mol. The van der Waals surface area contributed by atoms with E-state index >= 15 is 0 Å². The molecule has 9 heteroatoms. The highest BCUT2D eigenvalue weighted by Gasteiger charge is 2.17. The summed E-state index contributed by atoms with van der Waals surface area (Å²) in [6, 6.07) is 13.9. The number of benzene rings is 2. The number of hydrogen-bond acceptors (Lipinski definition) is 6. The second kappa shape index (κ2) is 9.02. The summed E-state index contributed by atoms with van der Waals surface area (Å²) in [4.78, 5) is 11.6. The average molecular weight is 437 g/mol. The maximum absolute atomic E-state index is 12.5. The number of thiophene rings is 1. The Bertz CT molecular complexity index is 1100. The van der Waals surface area contributed by atoms with Crippen LogP contribution in [0.2, 0.25) is 0 Å². The van der Waals surface area contributed by atoms with Crippen LogP contribution in [0.4, 0.5) is 0 Å². The molecule has 0 saturated carbocycles. The lowest BCUT2D eigenvalue weighted by atomic mass is 9.87. The maximum Gasteiger partial charge on any atom is 0.345 e. The first-order valence-electron chi connectivity index (χ1n) is 8.68. The van der Waals surface area contributed by atoms with Gasteiger partial charge in [-0.3, -0.25) is 0 Å². The molecule has 0 bridgehead atoms. The Morgan fingerprint density at radius 1 is 1.07 bits per heavy atom. The van der Waals surface area contributed by atoms with Crippen LogP contribution in [0.3, 0.4) is 0 Å². The van der Waals surface area contributed by atoms with E-state index in [1.165, 1.54) is 11.3 Å². The van der Waals surface area contributed by atoms with Gasteiger partial charge in [0.25, 0.3) is 0 Å². The zero-order valence-corrected chi connectivity index (χ0v) is 18.0. The third kappa shape index (κ3) is 5.62. The molecule has 0 unspecified atom stereocenters. The van der Waals surface area contributed by atoms with Gasteiger partial charge in [0, 0.05) is 11.2 Å². The number of nitrogens with one attached hydrogen (secondary N) is 1. The van der Waals surface area contributed by atoms with Crippen molar-refractivity contribution in [2.45, 2.75) is 37.6 Å². The van der Waals surface area contributed by atoms with E-state index in [2.05, 4.69) is 31.4 Å². The van der Waals surface area contributed by atoms with E-state index in [0.29, 0.717) is 0 Å².